The van der Waals surface area contributed by atoms with E-state index in [9.17, 15) is 5.11 Å². The first-order valence-electron chi connectivity index (χ1n) is 5.31. The van der Waals surface area contributed by atoms with Gasteiger partial charge in [-0.25, -0.2) is 0 Å². The van der Waals surface area contributed by atoms with Crippen LogP contribution in [-0.4, -0.2) is 29.5 Å². The predicted octanol–water partition coefficient (Wildman–Crippen LogP) is 2.33. The van der Waals surface area contributed by atoms with Gasteiger partial charge in [0, 0.05) is 0 Å². The quantitative estimate of drug-likeness (QED) is 0.910. The molecule has 2 N–H and O–H groups in total. The molecule has 0 amide bonds. The van der Waals surface area contributed by atoms with E-state index in [-0.39, 0.29) is 13.2 Å². The highest BCUT2D eigenvalue weighted by atomic mass is 79.9. The SMILES string of the molecule is OC[C@@H](O)COc1ccc2ccccc2c1Br. The van der Waals surface area contributed by atoms with E-state index < -0.39 is 6.10 Å². The molecular formula is C13H13BrO3. The normalized spacial score (nSPS) is 12.6. The smallest absolute Gasteiger partial charge is 0.134 e. The molecule has 0 unspecified atom stereocenters. The lowest BCUT2D eigenvalue weighted by Gasteiger charge is -2.12. The second-order valence-corrected chi connectivity index (χ2v) is 4.54. The van der Waals surface area contributed by atoms with Crippen LogP contribution in [0.5, 0.6) is 5.75 Å². The van der Waals surface area contributed by atoms with E-state index in [2.05, 4.69) is 15.9 Å². The van der Waals surface area contributed by atoms with Crippen LogP contribution in [0.3, 0.4) is 0 Å². The minimum absolute atomic E-state index is 0.0768. The van der Waals surface area contributed by atoms with Gasteiger partial charge in [0.05, 0.1) is 11.1 Å². The van der Waals surface area contributed by atoms with Crippen molar-refractivity contribution >= 4 is 26.7 Å². The van der Waals surface area contributed by atoms with Crippen LogP contribution < -0.4 is 4.74 Å². The van der Waals surface area contributed by atoms with Gasteiger partial charge in [-0.15, -0.1) is 0 Å². The molecule has 3 nitrogen and oxygen atoms in total. The zero-order chi connectivity index (χ0) is 12.3. The van der Waals surface area contributed by atoms with Crippen LogP contribution >= 0.6 is 15.9 Å². The maximum Gasteiger partial charge on any atom is 0.134 e. The van der Waals surface area contributed by atoms with Crippen molar-refractivity contribution in [3.8, 4) is 5.75 Å². The van der Waals surface area contributed by atoms with E-state index in [0.717, 1.165) is 15.2 Å². The number of aliphatic hydroxyl groups excluding tert-OH is 2. The molecule has 0 aliphatic rings. The molecule has 2 aromatic carbocycles. The summed E-state index contributed by atoms with van der Waals surface area (Å²) in [5, 5.41) is 20.1. The Morgan fingerprint density at radius 1 is 1.18 bits per heavy atom. The van der Waals surface area contributed by atoms with Crippen molar-refractivity contribution in [1.29, 1.82) is 0 Å². The Labute approximate surface area is 108 Å². The maximum atomic E-state index is 9.23. The van der Waals surface area contributed by atoms with Crippen LogP contribution in [-0.2, 0) is 0 Å². The molecule has 0 fully saturated rings. The Hall–Kier alpha value is -1.10. The monoisotopic (exact) mass is 296 g/mol. The van der Waals surface area contributed by atoms with Crippen molar-refractivity contribution in [2.75, 3.05) is 13.2 Å². The van der Waals surface area contributed by atoms with Crippen molar-refractivity contribution in [2.45, 2.75) is 6.10 Å². The zero-order valence-electron chi connectivity index (χ0n) is 9.14. The topological polar surface area (TPSA) is 49.7 Å². The number of hydrogen-bond acceptors (Lipinski definition) is 3. The second-order valence-electron chi connectivity index (χ2n) is 3.75. The standard InChI is InChI=1S/C13H13BrO3/c14-13-11-4-2-1-3-9(11)5-6-12(13)17-8-10(16)7-15/h1-6,10,15-16H,7-8H2/t10-/m1/s1. The first-order valence-corrected chi connectivity index (χ1v) is 6.10. The van der Waals surface area contributed by atoms with Crippen LogP contribution in [0.4, 0.5) is 0 Å². The Balaban J connectivity index is 2.26. The Morgan fingerprint density at radius 3 is 2.71 bits per heavy atom. The van der Waals surface area contributed by atoms with Gasteiger partial charge in [0.25, 0.3) is 0 Å². The van der Waals surface area contributed by atoms with E-state index in [4.69, 9.17) is 9.84 Å². The molecule has 1 atom stereocenters. The summed E-state index contributed by atoms with van der Waals surface area (Å²) in [4.78, 5) is 0. The molecule has 0 saturated carbocycles. The van der Waals surface area contributed by atoms with Gasteiger partial charge >= 0.3 is 0 Å². The first kappa shape index (κ1) is 12.4. The van der Waals surface area contributed by atoms with Crippen molar-refractivity contribution in [2.24, 2.45) is 0 Å². The lowest BCUT2D eigenvalue weighted by atomic mass is 10.1. The summed E-state index contributed by atoms with van der Waals surface area (Å²) in [5.41, 5.74) is 0. The summed E-state index contributed by atoms with van der Waals surface area (Å²) in [6, 6.07) is 11.8. The average Bonchev–Trinajstić information content (AvgIpc) is 2.38. The van der Waals surface area contributed by atoms with E-state index >= 15 is 0 Å². The summed E-state index contributed by atoms with van der Waals surface area (Å²) in [6.07, 6.45) is -0.853. The van der Waals surface area contributed by atoms with Crippen LogP contribution in [0.25, 0.3) is 10.8 Å². The molecule has 4 heteroatoms. The van der Waals surface area contributed by atoms with Crippen LogP contribution in [0.1, 0.15) is 0 Å². The zero-order valence-corrected chi connectivity index (χ0v) is 10.7. The van der Waals surface area contributed by atoms with Gasteiger partial charge in [-0.05, 0) is 32.8 Å². The number of fused-ring (bicyclic) bond motifs is 1. The molecule has 90 valence electrons. The minimum Gasteiger partial charge on any atom is -0.490 e. The minimum atomic E-state index is -0.853. The third-order valence-corrected chi connectivity index (χ3v) is 3.29. The van der Waals surface area contributed by atoms with E-state index in [1.165, 1.54) is 0 Å². The summed E-state index contributed by atoms with van der Waals surface area (Å²) in [7, 11) is 0. The molecule has 17 heavy (non-hydrogen) atoms. The largest absolute Gasteiger partial charge is 0.490 e. The van der Waals surface area contributed by atoms with Gasteiger partial charge in [0.15, 0.2) is 0 Å². The van der Waals surface area contributed by atoms with Gasteiger partial charge in [0.1, 0.15) is 18.5 Å². The lowest BCUT2D eigenvalue weighted by Crippen LogP contribution is -2.21. The summed E-state index contributed by atoms with van der Waals surface area (Å²) in [5.74, 6) is 0.663. The summed E-state index contributed by atoms with van der Waals surface area (Å²) in [6.45, 7) is -0.224. The highest BCUT2D eigenvalue weighted by Gasteiger charge is 2.08. The molecule has 0 heterocycles. The summed E-state index contributed by atoms with van der Waals surface area (Å²) >= 11 is 3.48. The van der Waals surface area contributed by atoms with Gasteiger partial charge in [-0.1, -0.05) is 30.3 Å². The Kier molecular flexibility index (Phi) is 3.99. The Morgan fingerprint density at radius 2 is 1.94 bits per heavy atom. The second kappa shape index (κ2) is 5.49. The highest BCUT2D eigenvalue weighted by molar-refractivity contribution is 9.10. The molecule has 0 bridgehead atoms. The van der Waals surface area contributed by atoms with Gasteiger partial charge in [-0.3, -0.25) is 0 Å². The molecule has 2 rings (SSSR count). The van der Waals surface area contributed by atoms with Crippen LogP contribution in [0, 0.1) is 0 Å². The number of benzene rings is 2. The van der Waals surface area contributed by atoms with Crippen molar-refractivity contribution in [3.63, 3.8) is 0 Å². The number of aliphatic hydroxyl groups is 2. The van der Waals surface area contributed by atoms with E-state index in [1.807, 2.05) is 36.4 Å². The molecule has 0 aliphatic carbocycles. The molecule has 0 aliphatic heterocycles. The first-order chi connectivity index (χ1) is 8.22. The summed E-state index contributed by atoms with van der Waals surface area (Å²) < 4.78 is 6.30. The van der Waals surface area contributed by atoms with Gasteiger partial charge in [-0.2, -0.15) is 0 Å². The molecule has 0 aromatic heterocycles. The number of hydrogen-bond donors (Lipinski definition) is 2. The third kappa shape index (κ3) is 2.77. The van der Waals surface area contributed by atoms with Gasteiger partial charge < -0.3 is 14.9 Å². The van der Waals surface area contributed by atoms with Crippen LogP contribution in [0.2, 0.25) is 0 Å². The fourth-order valence-corrected chi connectivity index (χ4v) is 2.17. The van der Waals surface area contributed by atoms with Crippen LogP contribution in [0.15, 0.2) is 40.9 Å². The lowest BCUT2D eigenvalue weighted by molar-refractivity contribution is 0.0534. The molecular weight excluding hydrogens is 284 g/mol. The van der Waals surface area contributed by atoms with Crippen molar-refractivity contribution < 1.29 is 14.9 Å². The van der Waals surface area contributed by atoms with Crippen molar-refractivity contribution in [1.82, 2.24) is 0 Å². The highest BCUT2D eigenvalue weighted by Crippen LogP contribution is 2.32. The molecule has 0 spiro atoms. The molecule has 0 radical (unpaired) electrons. The maximum absolute atomic E-state index is 9.23. The van der Waals surface area contributed by atoms with Gasteiger partial charge in [0.2, 0.25) is 0 Å². The third-order valence-electron chi connectivity index (χ3n) is 2.47. The molecule has 0 saturated heterocycles. The number of ether oxygens (including phenoxy) is 1. The number of rotatable bonds is 4. The van der Waals surface area contributed by atoms with E-state index in [1.54, 1.807) is 0 Å². The molecule has 2 aromatic rings. The fourth-order valence-electron chi connectivity index (χ4n) is 1.56. The van der Waals surface area contributed by atoms with E-state index in [0.29, 0.717) is 5.75 Å². The van der Waals surface area contributed by atoms with Crippen molar-refractivity contribution in [3.05, 3.63) is 40.9 Å². The average molecular weight is 297 g/mol. The fraction of sp³-hybridized carbons (Fsp3) is 0.231. The predicted molar refractivity (Wildman–Crippen MR) is 70.2 cm³/mol. The number of halogens is 1. The Bertz CT molecular complexity index is 513.